The molecule has 0 amide bonds. The van der Waals surface area contributed by atoms with Gasteiger partial charge in [0, 0.05) is 22.0 Å². The fraction of sp³-hybridized carbons (Fsp3) is 0.583. The number of rotatable bonds is 3. The van der Waals surface area contributed by atoms with Crippen molar-refractivity contribution in [3.05, 3.63) is 28.0 Å². The number of aryl methyl sites for hydroxylation is 1. The minimum atomic E-state index is -1.08. The van der Waals surface area contributed by atoms with Crippen LogP contribution in [0.1, 0.15) is 45.0 Å². The molecule has 0 bridgehead atoms. The van der Waals surface area contributed by atoms with Crippen molar-refractivity contribution in [3.63, 3.8) is 0 Å². The smallest absolute Gasteiger partial charge is 0.136 e. The zero-order chi connectivity index (χ0) is 13.2. The van der Waals surface area contributed by atoms with Crippen molar-refractivity contribution >= 4 is 27.3 Å². The van der Waals surface area contributed by atoms with Gasteiger partial charge in [-0.3, -0.25) is 4.98 Å². The quantitative estimate of drug-likeness (QED) is 0.870. The number of hydrogen-bond donors (Lipinski definition) is 1. The second-order valence-corrected chi connectivity index (χ2v) is 7.93. The SMILES string of the molecule is Cc1cc(C(C)N[S@@+]([O-])C(C)(C)C)ncc1Br. The maximum absolute atomic E-state index is 12.0. The van der Waals surface area contributed by atoms with E-state index >= 15 is 0 Å². The molecule has 0 radical (unpaired) electrons. The van der Waals surface area contributed by atoms with E-state index in [-0.39, 0.29) is 10.8 Å². The highest BCUT2D eigenvalue weighted by atomic mass is 79.9. The lowest BCUT2D eigenvalue weighted by Gasteiger charge is -2.26. The first-order valence-corrected chi connectivity index (χ1v) is 7.46. The number of aromatic nitrogens is 1. The Morgan fingerprint density at radius 2 is 2.06 bits per heavy atom. The van der Waals surface area contributed by atoms with Crippen molar-refractivity contribution in [2.75, 3.05) is 0 Å². The van der Waals surface area contributed by atoms with Crippen LogP contribution in [0.25, 0.3) is 0 Å². The lowest BCUT2D eigenvalue weighted by Crippen LogP contribution is -2.40. The maximum atomic E-state index is 12.0. The van der Waals surface area contributed by atoms with Crippen LogP contribution < -0.4 is 4.72 Å². The summed E-state index contributed by atoms with van der Waals surface area (Å²) in [5.74, 6) is 0. The van der Waals surface area contributed by atoms with Gasteiger partial charge in [-0.1, -0.05) is 0 Å². The molecule has 1 rings (SSSR count). The highest BCUT2D eigenvalue weighted by Crippen LogP contribution is 2.21. The standard InChI is InChI=1S/C12H19BrN2OS/c1-8-6-11(14-7-10(8)13)9(2)15-17(16)12(3,4)5/h6-7,9,15H,1-5H3/t9?,17-/m0/s1. The molecule has 1 heterocycles. The van der Waals surface area contributed by atoms with E-state index in [9.17, 15) is 4.55 Å². The molecule has 5 heteroatoms. The summed E-state index contributed by atoms with van der Waals surface area (Å²) in [6.07, 6.45) is 1.78. The maximum Gasteiger partial charge on any atom is 0.136 e. The zero-order valence-corrected chi connectivity index (χ0v) is 13.3. The zero-order valence-electron chi connectivity index (χ0n) is 10.9. The number of nitrogens with one attached hydrogen (secondary N) is 1. The molecule has 96 valence electrons. The molecule has 1 N–H and O–H groups in total. The number of hydrogen-bond acceptors (Lipinski definition) is 3. The van der Waals surface area contributed by atoms with Gasteiger partial charge in [0.05, 0.1) is 11.7 Å². The fourth-order valence-electron chi connectivity index (χ4n) is 1.20. The summed E-state index contributed by atoms with van der Waals surface area (Å²) in [4.78, 5) is 4.33. The van der Waals surface area contributed by atoms with Crippen molar-refractivity contribution in [1.29, 1.82) is 0 Å². The van der Waals surface area contributed by atoms with E-state index < -0.39 is 11.4 Å². The minimum absolute atomic E-state index is 0.0261. The molecule has 0 aliphatic carbocycles. The van der Waals surface area contributed by atoms with Crippen LogP contribution in [0.15, 0.2) is 16.7 Å². The van der Waals surface area contributed by atoms with E-state index in [1.165, 1.54) is 0 Å². The van der Waals surface area contributed by atoms with Crippen molar-refractivity contribution in [2.45, 2.75) is 45.4 Å². The molecule has 0 aromatic carbocycles. The summed E-state index contributed by atoms with van der Waals surface area (Å²) >= 11 is 2.34. The van der Waals surface area contributed by atoms with E-state index in [4.69, 9.17) is 0 Å². The summed E-state index contributed by atoms with van der Waals surface area (Å²) in [5.41, 5.74) is 2.04. The summed E-state index contributed by atoms with van der Waals surface area (Å²) in [5, 5.41) is 0. The van der Waals surface area contributed by atoms with Crippen LogP contribution in [0.3, 0.4) is 0 Å². The van der Waals surface area contributed by atoms with Crippen molar-refractivity contribution in [3.8, 4) is 0 Å². The van der Waals surface area contributed by atoms with Crippen LogP contribution in [0.2, 0.25) is 0 Å². The Morgan fingerprint density at radius 1 is 1.47 bits per heavy atom. The van der Waals surface area contributed by atoms with Crippen LogP contribution in [-0.4, -0.2) is 14.3 Å². The molecule has 1 aromatic heterocycles. The number of pyridine rings is 1. The first-order valence-electron chi connectivity index (χ1n) is 5.52. The molecule has 0 saturated heterocycles. The molecule has 0 aliphatic rings. The Kier molecular flexibility index (Phi) is 5.01. The molecule has 3 nitrogen and oxygen atoms in total. The molecule has 0 saturated carbocycles. The number of halogens is 1. The molecule has 2 atom stereocenters. The Morgan fingerprint density at radius 3 is 2.53 bits per heavy atom. The fourth-order valence-corrected chi connectivity index (χ4v) is 2.21. The third kappa shape index (κ3) is 4.25. The van der Waals surface area contributed by atoms with Gasteiger partial charge in [-0.2, -0.15) is 0 Å². The van der Waals surface area contributed by atoms with E-state index in [2.05, 4.69) is 25.6 Å². The van der Waals surface area contributed by atoms with E-state index in [0.29, 0.717) is 0 Å². The summed E-state index contributed by atoms with van der Waals surface area (Å²) in [6, 6.07) is 1.98. The Hall–Kier alpha value is -0.100. The van der Waals surface area contributed by atoms with Gasteiger partial charge in [0.2, 0.25) is 0 Å². The van der Waals surface area contributed by atoms with Crippen LogP contribution in [0.4, 0.5) is 0 Å². The molecule has 0 aliphatic heterocycles. The highest BCUT2D eigenvalue weighted by molar-refractivity contribution is 9.10. The number of nitrogens with zero attached hydrogens (tertiary/aromatic N) is 1. The summed E-state index contributed by atoms with van der Waals surface area (Å²) in [6.45, 7) is 9.83. The van der Waals surface area contributed by atoms with Gasteiger partial charge in [0.25, 0.3) is 0 Å². The van der Waals surface area contributed by atoms with Gasteiger partial charge in [0.15, 0.2) is 0 Å². The van der Waals surface area contributed by atoms with Gasteiger partial charge >= 0.3 is 0 Å². The Bertz CT molecular complexity index is 393. The van der Waals surface area contributed by atoms with Crippen molar-refractivity contribution in [1.82, 2.24) is 9.71 Å². The van der Waals surface area contributed by atoms with E-state index in [1.807, 2.05) is 40.7 Å². The first kappa shape index (κ1) is 15.0. The third-order valence-electron chi connectivity index (χ3n) is 2.35. The first-order chi connectivity index (χ1) is 7.71. The topological polar surface area (TPSA) is 48.0 Å². The van der Waals surface area contributed by atoms with Gasteiger partial charge < -0.3 is 4.55 Å². The highest BCUT2D eigenvalue weighted by Gasteiger charge is 2.28. The Balaban J connectivity index is 2.76. The van der Waals surface area contributed by atoms with Crippen LogP contribution in [0, 0.1) is 6.92 Å². The van der Waals surface area contributed by atoms with E-state index in [1.54, 1.807) is 6.20 Å². The largest absolute Gasteiger partial charge is 0.598 e. The molecular formula is C12H19BrN2OS. The third-order valence-corrected chi connectivity index (χ3v) is 4.86. The van der Waals surface area contributed by atoms with Gasteiger partial charge in [-0.25, -0.2) is 0 Å². The minimum Gasteiger partial charge on any atom is -0.598 e. The molecule has 17 heavy (non-hydrogen) atoms. The van der Waals surface area contributed by atoms with Gasteiger partial charge in [-0.15, -0.1) is 4.72 Å². The second kappa shape index (κ2) is 5.69. The van der Waals surface area contributed by atoms with Crippen molar-refractivity contribution < 1.29 is 4.55 Å². The molecule has 1 aromatic rings. The summed E-state index contributed by atoms with van der Waals surface area (Å²) in [7, 11) is 0. The predicted molar refractivity (Wildman–Crippen MR) is 76.1 cm³/mol. The van der Waals surface area contributed by atoms with Gasteiger partial charge in [-0.05, 0) is 62.2 Å². The predicted octanol–water partition coefficient (Wildman–Crippen LogP) is 3.27. The van der Waals surface area contributed by atoms with Crippen molar-refractivity contribution in [2.24, 2.45) is 0 Å². The molecule has 0 spiro atoms. The van der Waals surface area contributed by atoms with Gasteiger partial charge in [0.1, 0.15) is 4.75 Å². The van der Waals surface area contributed by atoms with Crippen LogP contribution in [0.5, 0.6) is 0 Å². The Labute approximate surface area is 115 Å². The molecule has 0 fully saturated rings. The molecular weight excluding hydrogens is 300 g/mol. The van der Waals surface area contributed by atoms with Crippen LogP contribution in [-0.2, 0) is 11.4 Å². The second-order valence-electron chi connectivity index (χ2n) is 5.08. The monoisotopic (exact) mass is 318 g/mol. The van der Waals surface area contributed by atoms with E-state index in [0.717, 1.165) is 15.7 Å². The normalized spacial score (nSPS) is 15.7. The van der Waals surface area contributed by atoms with Crippen LogP contribution >= 0.6 is 15.9 Å². The average Bonchev–Trinajstić information content (AvgIpc) is 2.20. The molecule has 1 unspecified atom stereocenters. The average molecular weight is 319 g/mol. The lowest BCUT2D eigenvalue weighted by atomic mass is 10.2. The summed E-state index contributed by atoms with van der Waals surface area (Å²) < 4.78 is 15.8. The lowest BCUT2D eigenvalue weighted by molar-refractivity contribution is 0.529.